The maximum atomic E-state index is 13.0. The van der Waals surface area contributed by atoms with Crippen LogP contribution in [-0.4, -0.2) is 47.7 Å². The highest BCUT2D eigenvalue weighted by molar-refractivity contribution is 9.10. The zero-order chi connectivity index (χ0) is 17.1. The summed E-state index contributed by atoms with van der Waals surface area (Å²) in [6.07, 6.45) is 2.43. The molecule has 0 aromatic heterocycles. The number of carboxylic acid groups (broad SMARTS) is 1. The zero-order valence-electron chi connectivity index (χ0n) is 13.5. The highest BCUT2D eigenvalue weighted by Gasteiger charge is 2.46. The number of carboxylic acids is 1. The van der Waals surface area contributed by atoms with Crippen molar-refractivity contribution in [3.05, 3.63) is 34.3 Å². The summed E-state index contributed by atoms with van der Waals surface area (Å²) in [5.74, 6) is -0.523. The van der Waals surface area contributed by atoms with Crippen LogP contribution in [0.5, 0.6) is 0 Å². The molecule has 1 aromatic rings. The van der Waals surface area contributed by atoms with Crippen LogP contribution in [0.3, 0.4) is 0 Å². The Morgan fingerprint density at radius 2 is 2.04 bits per heavy atom. The summed E-state index contributed by atoms with van der Waals surface area (Å²) in [7, 11) is 0. The van der Waals surface area contributed by atoms with Crippen LogP contribution in [0.2, 0.25) is 0 Å². The number of halogens is 1. The van der Waals surface area contributed by atoms with Crippen molar-refractivity contribution in [3.8, 4) is 0 Å². The number of hydrogen-bond acceptors (Lipinski definition) is 3. The molecule has 5 nitrogen and oxygen atoms in total. The number of amides is 1. The molecule has 1 saturated carbocycles. The summed E-state index contributed by atoms with van der Waals surface area (Å²) in [6, 6.07) is 8.19. The molecule has 1 heterocycles. The quantitative estimate of drug-likeness (QED) is 0.803. The van der Waals surface area contributed by atoms with E-state index in [-0.39, 0.29) is 30.2 Å². The number of rotatable bonds is 6. The third kappa shape index (κ3) is 4.16. The number of carbonyl (C=O) groups excluding carboxylic acids is 1. The van der Waals surface area contributed by atoms with Crippen LogP contribution in [0, 0.1) is 5.92 Å². The van der Waals surface area contributed by atoms with E-state index in [0.717, 1.165) is 23.7 Å². The first-order chi connectivity index (χ1) is 11.6. The minimum absolute atomic E-state index is 0.00261. The fourth-order valence-corrected chi connectivity index (χ4v) is 3.89. The highest BCUT2D eigenvalue weighted by Crippen LogP contribution is 2.49. The van der Waals surface area contributed by atoms with E-state index < -0.39 is 5.97 Å². The molecule has 1 aliphatic carbocycles. The fourth-order valence-electron chi connectivity index (χ4n) is 3.47. The lowest BCUT2D eigenvalue weighted by atomic mass is 10.0. The summed E-state index contributed by atoms with van der Waals surface area (Å²) < 4.78 is 6.39. The van der Waals surface area contributed by atoms with Crippen LogP contribution in [0.1, 0.15) is 37.2 Å². The van der Waals surface area contributed by atoms with Crippen molar-refractivity contribution in [3.63, 3.8) is 0 Å². The second-order valence-corrected chi connectivity index (χ2v) is 7.44. The van der Waals surface area contributed by atoms with Gasteiger partial charge in [0.2, 0.25) is 5.91 Å². The molecule has 3 rings (SSSR count). The average molecular weight is 396 g/mol. The number of ether oxygens (including phenoxy) is 1. The monoisotopic (exact) mass is 395 g/mol. The van der Waals surface area contributed by atoms with Gasteiger partial charge in [0, 0.05) is 36.2 Å². The third-order valence-electron chi connectivity index (χ3n) is 4.87. The Morgan fingerprint density at radius 3 is 2.71 bits per heavy atom. The summed E-state index contributed by atoms with van der Waals surface area (Å²) in [4.78, 5) is 25.7. The number of carbonyl (C=O) groups is 2. The fraction of sp³-hybridized carbons (Fsp3) is 0.556. The minimum Gasteiger partial charge on any atom is -0.481 e. The minimum atomic E-state index is -0.862. The van der Waals surface area contributed by atoms with Gasteiger partial charge in [-0.05, 0) is 42.9 Å². The molecule has 2 atom stereocenters. The van der Waals surface area contributed by atoms with Crippen molar-refractivity contribution in [2.24, 2.45) is 5.92 Å². The van der Waals surface area contributed by atoms with Crippen LogP contribution < -0.4 is 0 Å². The molecule has 0 unspecified atom stereocenters. The Hall–Kier alpha value is -1.40. The van der Waals surface area contributed by atoms with E-state index in [4.69, 9.17) is 9.84 Å². The molecular formula is C18H22BrNO4. The summed E-state index contributed by atoms with van der Waals surface area (Å²) in [5, 5.41) is 8.99. The van der Waals surface area contributed by atoms with Crippen LogP contribution in [0.15, 0.2) is 28.7 Å². The van der Waals surface area contributed by atoms with Crippen molar-refractivity contribution in [2.75, 3.05) is 19.8 Å². The second kappa shape index (κ2) is 7.66. The second-order valence-electron chi connectivity index (χ2n) is 6.52. The van der Waals surface area contributed by atoms with E-state index in [1.165, 1.54) is 5.56 Å². The van der Waals surface area contributed by atoms with E-state index in [1.807, 2.05) is 12.1 Å². The van der Waals surface area contributed by atoms with Crippen LogP contribution >= 0.6 is 15.9 Å². The SMILES string of the molecule is O=C(O)CCN(C(=O)[C@@H]1C[C@@H]1c1cccc(Br)c1)C1CCOCC1. The van der Waals surface area contributed by atoms with E-state index >= 15 is 0 Å². The van der Waals surface area contributed by atoms with E-state index in [2.05, 4.69) is 28.1 Å². The lowest BCUT2D eigenvalue weighted by Gasteiger charge is -2.34. The maximum absolute atomic E-state index is 13.0. The molecule has 1 aliphatic heterocycles. The Labute approximate surface area is 150 Å². The van der Waals surface area contributed by atoms with Crippen molar-refractivity contribution >= 4 is 27.8 Å². The van der Waals surface area contributed by atoms with Gasteiger partial charge < -0.3 is 14.7 Å². The normalized spacial score (nSPS) is 23.7. The van der Waals surface area contributed by atoms with Gasteiger partial charge in [0.1, 0.15) is 0 Å². The van der Waals surface area contributed by atoms with Crippen molar-refractivity contribution in [1.29, 1.82) is 0 Å². The van der Waals surface area contributed by atoms with Gasteiger partial charge in [0.05, 0.1) is 6.42 Å². The van der Waals surface area contributed by atoms with E-state index in [9.17, 15) is 9.59 Å². The molecular weight excluding hydrogens is 374 g/mol. The van der Waals surface area contributed by atoms with Crippen LogP contribution in [0.25, 0.3) is 0 Å². The number of nitrogens with zero attached hydrogens (tertiary/aromatic N) is 1. The number of aliphatic carboxylic acids is 1. The molecule has 6 heteroatoms. The first-order valence-corrected chi connectivity index (χ1v) is 9.21. The topological polar surface area (TPSA) is 66.8 Å². The van der Waals surface area contributed by atoms with Gasteiger partial charge in [-0.15, -0.1) is 0 Å². The average Bonchev–Trinajstić information content (AvgIpc) is 3.36. The molecule has 0 radical (unpaired) electrons. The highest BCUT2D eigenvalue weighted by atomic mass is 79.9. The Bertz CT molecular complexity index is 615. The lowest BCUT2D eigenvalue weighted by molar-refractivity contribution is -0.141. The Morgan fingerprint density at radius 1 is 1.29 bits per heavy atom. The molecule has 1 aromatic carbocycles. The first-order valence-electron chi connectivity index (χ1n) is 8.41. The van der Waals surface area contributed by atoms with E-state index in [1.54, 1.807) is 4.90 Å². The summed E-state index contributed by atoms with van der Waals surface area (Å²) in [5.41, 5.74) is 1.17. The van der Waals surface area contributed by atoms with E-state index in [0.29, 0.717) is 19.8 Å². The van der Waals surface area contributed by atoms with Gasteiger partial charge in [-0.25, -0.2) is 0 Å². The molecule has 24 heavy (non-hydrogen) atoms. The molecule has 2 fully saturated rings. The van der Waals surface area contributed by atoms with Gasteiger partial charge in [-0.2, -0.15) is 0 Å². The largest absolute Gasteiger partial charge is 0.481 e. The standard InChI is InChI=1S/C18H22BrNO4/c19-13-3-1-2-12(10-13)15-11-16(15)18(23)20(7-4-17(21)22)14-5-8-24-9-6-14/h1-3,10,14-16H,4-9,11H2,(H,21,22)/t15-,16-/m1/s1. The number of benzene rings is 1. The molecule has 2 aliphatic rings. The Balaban J connectivity index is 1.68. The molecule has 1 amide bonds. The lowest BCUT2D eigenvalue weighted by Crippen LogP contribution is -2.45. The van der Waals surface area contributed by atoms with Crippen molar-refractivity contribution in [2.45, 2.75) is 37.6 Å². The van der Waals surface area contributed by atoms with Gasteiger partial charge in [0.15, 0.2) is 0 Å². The number of hydrogen-bond donors (Lipinski definition) is 1. The predicted molar refractivity (Wildman–Crippen MR) is 92.8 cm³/mol. The molecule has 1 N–H and O–H groups in total. The molecule has 1 saturated heterocycles. The first kappa shape index (κ1) is 17.4. The maximum Gasteiger partial charge on any atom is 0.305 e. The van der Waals surface area contributed by atoms with Gasteiger partial charge in [-0.1, -0.05) is 28.1 Å². The molecule has 130 valence electrons. The van der Waals surface area contributed by atoms with Crippen molar-refractivity contribution < 1.29 is 19.4 Å². The van der Waals surface area contributed by atoms with Gasteiger partial charge in [-0.3, -0.25) is 9.59 Å². The smallest absolute Gasteiger partial charge is 0.305 e. The molecule has 0 bridgehead atoms. The van der Waals surface area contributed by atoms with Crippen LogP contribution in [0.4, 0.5) is 0 Å². The summed E-state index contributed by atoms with van der Waals surface area (Å²) >= 11 is 3.47. The zero-order valence-corrected chi connectivity index (χ0v) is 15.1. The van der Waals surface area contributed by atoms with Crippen LogP contribution in [-0.2, 0) is 14.3 Å². The summed E-state index contributed by atoms with van der Waals surface area (Å²) in [6.45, 7) is 1.57. The predicted octanol–water partition coefficient (Wildman–Crippen LogP) is 3.03. The van der Waals surface area contributed by atoms with Gasteiger partial charge >= 0.3 is 5.97 Å². The van der Waals surface area contributed by atoms with Crippen molar-refractivity contribution in [1.82, 2.24) is 4.90 Å². The molecule has 0 spiro atoms. The third-order valence-corrected chi connectivity index (χ3v) is 5.36. The Kier molecular flexibility index (Phi) is 5.56. The van der Waals surface area contributed by atoms with Gasteiger partial charge in [0.25, 0.3) is 0 Å².